The molecule has 3 heterocycles. The van der Waals surface area contributed by atoms with Crippen molar-refractivity contribution in [1.29, 1.82) is 0 Å². The molecule has 2 amide bonds. The molecule has 7 nitrogen and oxygen atoms in total. The number of rotatable bonds is 6. The maximum atomic E-state index is 15.3. The molecule has 1 aliphatic rings. The molecule has 0 aliphatic carbocycles. The Morgan fingerprint density at radius 1 is 1.15 bits per heavy atom. The fourth-order valence-corrected chi connectivity index (χ4v) is 6.10. The summed E-state index contributed by atoms with van der Waals surface area (Å²) in [6.45, 7) is 6.12. The van der Waals surface area contributed by atoms with E-state index in [0.29, 0.717) is 33.3 Å². The highest BCUT2D eigenvalue weighted by Gasteiger charge is 2.40. The topological polar surface area (TPSA) is 80.1 Å². The van der Waals surface area contributed by atoms with E-state index in [4.69, 9.17) is 16.7 Å². The molecule has 1 aliphatic heterocycles. The molecule has 10 heteroatoms. The van der Waals surface area contributed by atoms with E-state index in [1.54, 1.807) is 59.5 Å². The lowest BCUT2D eigenvalue weighted by molar-refractivity contribution is -0.123. The van der Waals surface area contributed by atoms with Crippen molar-refractivity contribution in [2.75, 3.05) is 17.2 Å². The van der Waals surface area contributed by atoms with Crippen LogP contribution in [0.1, 0.15) is 48.4 Å². The summed E-state index contributed by atoms with van der Waals surface area (Å²) >= 11 is 7.69. The number of halogens is 2. The highest BCUT2D eigenvalue weighted by atomic mass is 35.5. The van der Waals surface area contributed by atoms with Crippen LogP contribution in [-0.2, 0) is 21.5 Å². The molecule has 1 N–H and O–H groups in total. The molecule has 2 aromatic heterocycles. The first kappa shape index (κ1) is 27.9. The number of hydrogen-bond donors (Lipinski definition) is 1. The van der Waals surface area contributed by atoms with Crippen molar-refractivity contribution in [1.82, 2.24) is 20.1 Å². The number of nitrogens with zero attached hydrogens (tertiary/aromatic N) is 4. The predicted molar refractivity (Wildman–Crippen MR) is 156 cm³/mol. The van der Waals surface area contributed by atoms with Crippen molar-refractivity contribution in [3.63, 3.8) is 0 Å². The van der Waals surface area contributed by atoms with Gasteiger partial charge < -0.3 is 5.32 Å². The van der Waals surface area contributed by atoms with Crippen LogP contribution in [0.3, 0.4) is 0 Å². The smallest absolute Gasteiger partial charge is 0.240 e. The van der Waals surface area contributed by atoms with E-state index < -0.39 is 10.7 Å². The third-order valence-corrected chi connectivity index (χ3v) is 8.03. The Labute approximate surface area is 241 Å². The third kappa shape index (κ3) is 5.76. The second kappa shape index (κ2) is 11.4. The Bertz CT molecular complexity index is 1550. The minimum absolute atomic E-state index is 0.0582. The molecule has 40 heavy (non-hydrogen) atoms. The fourth-order valence-electron chi connectivity index (χ4n) is 4.70. The van der Waals surface area contributed by atoms with Gasteiger partial charge in [0.25, 0.3) is 0 Å². The Kier molecular flexibility index (Phi) is 7.96. The summed E-state index contributed by atoms with van der Waals surface area (Å²) in [6.07, 6.45) is 3.34. The first-order valence-electron chi connectivity index (χ1n) is 12.8. The largest absolute Gasteiger partial charge is 0.350 e. The van der Waals surface area contributed by atoms with Gasteiger partial charge in [0.15, 0.2) is 0 Å². The van der Waals surface area contributed by atoms with E-state index >= 15 is 4.39 Å². The fraction of sp³-hybridized carbons (Fsp3) is 0.267. The van der Waals surface area contributed by atoms with E-state index in [2.05, 4.69) is 10.3 Å². The van der Waals surface area contributed by atoms with Crippen LogP contribution in [0.2, 0.25) is 5.02 Å². The molecule has 0 bridgehead atoms. The van der Waals surface area contributed by atoms with Gasteiger partial charge in [0.1, 0.15) is 18.2 Å². The molecule has 206 valence electrons. The number of pyridine rings is 1. The molecule has 0 fully saturated rings. The van der Waals surface area contributed by atoms with Crippen LogP contribution in [0.5, 0.6) is 0 Å². The van der Waals surface area contributed by atoms with Gasteiger partial charge in [-0.3, -0.25) is 19.5 Å². The van der Waals surface area contributed by atoms with Crippen molar-refractivity contribution in [2.45, 2.75) is 38.0 Å². The lowest BCUT2D eigenvalue weighted by Crippen LogP contribution is -2.42. The molecule has 0 radical (unpaired) electrons. The highest BCUT2D eigenvalue weighted by Crippen LogP contribution is 2.48. The number of amides is 2. The summed E-state index contributed by atoms with van der Waals surface area (Å²) in [5.41, 5.74) is 2.88. The summed E-state index contributed by atoms with van der Waals surface area (Å²) in [7, 11) is 0. The number of carbonyl (C=O) groups excluding carboxylic acids is 2. The number of hydrogen-bond acceptors (Lipinski definition) is 5. The predicted octanol–water partition coefficient (Wildman–Crippen LogP) is 5.84. The molecule has 0 saturated heterocycles. The van der Waals surface area contributed by atoms with E-state index in [1.807, 2.05) is 32.9 Å². The molecular weight excluding hydrogens is 549 g/mol. The van der Waals surface area contributed by atoms with Crippen molar-refractivity contribution in [3.05, 3.63) is 106 Å². The number of thioether (sulfide) groups is 1. The Morgan fingerprint density at radius 2 is 1.95 bits per heavy atom. The Balaban J connectivity index is 1.67. The van der Waals surface area contributed by atoms with Crippen LogP contribution >= 0.6 is 23.4 Å². The van der Waals surface area contributed by atoms with Gasteiger partial charge in [0.05, 0.1) is 22.4 Å². The van der Waals surface area contributed by atoms with Crippen LogP contribution in [0, 0.1) is 5.82 Å². The van der Waals surface area contributed by atoms with E-state index in [0.717, 1.165) is 5.56 Å². The maximum Gasteiger partial charge on any atom is 0.240 e. The summed E-state index contributed by atoms with van der Waals surface area (Å²) in [4.78, 5) is 32.5. The second-order valence-corrected chi connectivity index (χ2v) is 12.1. The van der Waals surface area contributed by atoms with Gasteiger partial charge in [-0.25, -0.2) is 9.07 Å². The molecule has 1 unspecified atom stereocenters. The number of carbonyl (C=O) groups is 2. The minimum Gasteiger partial charge on any atom is -0.350 e. The third-order valence-electron chi connectivity index (χ3n) is 6.55. The normalized spacial score (nSPS) is 15.5. The average molecular weight is 578 g/mol. The van der Waals surface area contributed by atoms with Crippen LogP contribution in [0.4, 0.5) is 10.2 Å². The first-order valence-corrected chi connectivity index (χ1v) is 14.3. The highest BCUT2D eigenvalue weighted by molar-refractivity contribution is 8.00. The van der Waals surface area contributed by atoms with Crippen LogP contribution in [-0.4, -0.2) is 38.9 Å². The zero-order valence-electron chi connectivity index (χ0n) is 22.4. The van der Waals surface area contributed by atoms with E-state index in [9.17, 15) is 9.59 Å². The molecular formula is C30H29ClFN5O2S. The van der Waals surface area contributed by atoms with Gasteiger partial charge >= 0.3 is 0 Å². The molecule has 1 atom stereocenters. The molecule has 4 aromatic rings. The quantitative estimate of drug-likeness (QED) is 0.311. The molecule has 5 rings (SSSR count). The summed E-state index contributed by atoms with van der Waals surface area (Å²) < 4.78 is 16.9. The van der Waals surface area contributed by atoms with Gasteiger partial charge in [-0.1, -0.05) is 62.7 Å². The van der Waals surface area contributed by atoms with Gasteiger partial charge in [-0.15, -0.1) is 11.8 Å². The number of nitrogens with one attached hydrogen (secondary N) is 1. The lowest BCUT2D eigenvalue weighted by Gasteiger charge is -2.24. The number of benzene rings is 2. The monoisotopic (exact) mass is 577 g/mol. The van der Waals surface area contributed by atoms with Crippen LogP contribution in [0.25, 0.3) is 5.69 Å². The zero-order valence-corrected chi connectivity index (χ0v) is 24.0. The van der Waals surface area contributed by atoms with E-state index in [1.165, 1.54) is 22.7 Å². The van der Waals surface area contributed by atoms with Gasteiger partial charge in [-0.05, 0) is 35.9 Å². The minimum atomic E-state index is -0.522. The SMILES string of the molecule is CC(C)(C)c1nn(-c2cccc(Cl)c2)c2c1C(c1ccccc1F)SCC(=O)N2CC(=O)NCc1cccnc1. The zero-order chi connectivity index (χ0) is 28.4. The Morgan fingerprint density at radius 3 is 2.65 bits per heavy atom. The Hall–Kier alpha value is -3.69. The number of anilines is 1. The van der Waals surface area contributed by atoms with Gasteiger partial charge in [0.2, 0.25) is 11.8 Å². The lowest BCUT2D eigenvalue weighted by atomic mass is 9.87. The summed E-state index contributed by atoms with van der Waals surface area (Å²) in [6, 6.07) is 17.4. The van der Waals surface area contributed by atoms with E-state index in [-0.39, 0.29) is 36.5 Å². The van der Waals surface area contributed by atoms with Crippen molar-refractivity contribution < 1.29 is 14.0 Å². The first-order chi connectivity index (χ1) is 19.1. The molecule has 2 aromatic carbocycles. The standard InChI is InChI=1S/C30H29ClFN5O2S/c1-30(2,3)28-26-27(22-11-4-5-12-23(22)32)40-18-25(39)36(17-24(38)34-16-19-8-7-13-33-15-19)29(26)37(35-28)21-10-6-9-20(31)14-21/h4-15,27H,16-18H2,1-3H3,(H,34,38). The van der Waals surface area contributed by atoms with Crippen molar-refractivity contribution >= 4 is 41.0 Å². The van der Waals surface area contributed by atoms with Crippen molar-refractivity contribution in [2.24, 2.45) is 0 Å². The van der Waals surface area contributed by atoms with Crippen LogP contribution < -0.4 is 10.2 Å². The van der Waals surface area contributed by atoms with Crippen LogP contribution in [0.15, 0.2) is 73.1 Å². The number of aromatic nitrogens is 3. The maximum absolute atomic E-state index is 15.3. The second-order valence-electron chi connectivity index (χ2n) is 10.6. The summed E-state index contributed by atoms with van der Waals surface area (Å²) in [5, 5.41) is 7.86. The summed E-state index contributed by atoms with van der Waals surface area (Å²) in [5.74, 6) is -0.481. The molecule has 0 spiro atoms. The average Bonchev–Trinajstić information content (AvgIpc) is 3.27. The van der Waals surface area contributed by atoms with Gasteiger partial charge in [-0.2, -0.15) is 5.10 Å². The molecule has 0 saturated carbocycles. The number of fused-ring (bicyclic) bond motifs is 1. The van der Waals surface area contributed by atoms with Crippen molar-refractivity contribution in [3.8, 4) is 5.69 Å². The van der Waals surface area contributed by atoms with Gasteiger partial charge in [0, 0.05) is 40.5 Å².